The minimum absolute atomic E-state index is 0.128. The molecule has 1 aliphatic heterocycles. The fraction of sp³-hybridized carbons (Fsp3) is 0.238. The number of hydrogen-bond donors (Lipinski definition) is 2. The molecule has 0 unspecified atom stereocenters. The van der Waals surface area contributed by atoms with Crippen LogP contribution in [-0.2, 0) is 0 Å². The van der Waals surface area contributed by atoms with Crippen molar-refractivity contribution in [1.29, 1.82) is 0 Å². The number of hydrogen-bond acceptors (Lipinski definition) is 3. The highest BCUT2D eigenvalue weighted by Crippen LogP contribution is 2.29. The molecule has 4 rings (SSSR count). The van der Waals surface area contributed by atoms with Crippen LogP contribution in [0.5, 0.6) is 5.75 Å². The van der Waals surface area contributed by atoms with Crippen molar-refractivity contribution >= 4 is 16.7 Å². The van der Waals surface area contributed by atoms with Crippen LogP contribution in [0.4, 0.5) is 0 Å². The van der Waals surface area contributed by atoms with Crippen LogP contribution in [0.25, 0.3) is 10.8 Å². The van der Waals surface area contributed by atoms with E-state index in [0.717, 1.165) is 18.2 Å². The first-order chi connectivity index (χ1) is 12.6. The van der Waals surface area contributed by atoms with Gasteiger partial charge in [0.25, 0.3) is 11.5 Å². The summed E-state index contributed by atoms with van der Waals surface area (Å²) in [6.07, 6.45) is 1.74. The van der Waals surface area contributed by atoms with Gasteiger partial charge in [0.05, 0.1) is 0 Å². The van der Waals surface area contributed by atoms with Gasteiger partial charge in [-0.1, -0.05) is 30.3 Å². The molecule has 0 saturated carbocycles. The van der Waals surface area contributed by atoms with Gasteiger partial charge >= 0.3 is 0 Å². The summed E-state index contributed by atoms with van der Waals surface area (Å²) in [5.74, 6) is 0.522. The third-order valence-electron chi connectivity index (χ3n) is 5.13. The Morgan fingerprint density at radius 3 is 2.46 bits per heavy atom. The van der Waals surface area contributed by atoms with E-state index in [4.69, 9.17) is 0 Å². The third kappa shape index (κ3) is 3.08. The predicted octanol–water partition coefficient (Wildman–Crippen LogP) is 3.25. The molecule has 3 aromatic rings. The van der Waals surface area contributed by atoms with E-state index in [2.05, 4.69) is 4.98 Å². The van der Waals surface area contributed by atoms with Crippen LogP contribution in [-0.4, -0.2) is 34.0 Å². The SMILES string of the molecule is O=C(c1cc2ccccc2c(=O)[nH]1)N1CCC(c2ccc(O)cc2)CC1. The number of benzene rings is 2. The molecule has 0 atom stereocenters. The summed E-state index contributed by atoms with van der Waals surface area (Å²) in [5.41, 5.74) is 1.30. The van der Waals surface area contributed by atoms with Crippen LogP contribution in [0, 0.1) is 0 Å². The minimum atomic E-state index is -0.231. The Kier molecular flexibility index (Phi) is 4.21. The molecule has 0 bridgehead atoms. The number of likely N-dealkylation sites (tertiary alicyclic amines) is 1. The van der Waals surface area contributed by atoms with Gasteiger partial charge in [-0.3, -0.25) is 9.59 Å². The van der Waals surface area contributed by atoms with Crippen molar-refractivity contribution in [3.8, 4) is 5.75 Å². The first-order valence-electron chi connectivity index (χ1n) is 8.82. The van der Waals surface area contributed by atoms with Crippen molar-refractivity contribution in [3.05, 3.63) is 76.2 Å². The Morgan fingerprint density at radius 1 is 1.04 bits per heavy atom. The van der Waals surface area contributed by atoms with E-state index in [1.165, 1.54) is 5.56 Å². The minimum Gasteiger partial charge on any atom is -0.508 e. The van der Waals surface area contributed by atoms with Crippen LogP contribution in [0.1, 0.15) is 34.8 Å². The molecule has 0 aliphatic carbocycles. The molecule has 0 spiro atoms. The highest BCUT2D eigenvalue weighted by molar-refractivity contribution is 5.96. The normalized spacial score (nSPS) is 15.3. The van der Waals surface area contributed by atoms with E-state index in [0.29, 0.717) is 30.1 Å². The highest BCUT2D eigenvalue weighted by atomic mass is 16.3. The molecule has 5 nitrogen and oxygen atoms in total. The van der Waals surface area contributed by atoms with Crippen LogP contribution in [0.15, 0.2) is 59.4 Å². The van der Waals surface area contributed by atoms with E-state index >= 15 is 0 Å². The zero-order valence-corrected chi connectivity index (χ0v) is 14.3. The molecule has 1 aromatic heterocycles. The molecular formula is C21H20N2O3. The Bertz CT molecular complexity index is 1000. The van der Waals surface area contributed by atoms with E-state index in [1.807, 2.05) is 30.3 Å². The van der Waals surface area contributed by atoms with Gasteiger partial charge in [-0.15, -0.1) is 0 Å². The van der Waals surface area contributed by atoms with Gasteiger partial charge in [0.1, 0.15) is 11.4 Å². The topological polar surface area (TPSA) is 73.4 Å². The summed E-state index contributed by atoms with van der Waals surface area (Å²) in [5, 5.41) is 10.8. The summed E-state index contributed by atoms with van der Waals surface area (Å²) in [7, 11) is 0. The van der Waals surface area contributed by atoms with Crippen molar-refractivity contribution in [2.24, 2.45) is 0 Å². The largest absolute Gasteiger partial charge is 0.508 e. The Morgan fingerprint density at radius 2 is 1.73 bits per heavy atom. The van der Waals surface area contributed by atoms with Crippen molar-refractivity contribution in [2.75, 3.05) is 13.1 Å². The summed E-state index contributed by atoms with van der Waals surface area (Å²) < 4.78 is 0. The fourth-order valence-electron chi connectivity index (χ4n) is 3.66. The third-order valence-corrected chi connectivity index (χ3v) is 5.13. The number of phenolic OH excluding ortho intramolecular Hbond substituents is 1. The van der Waals surface area contributed by atoms with E-state index < -0.39 is 0 Å². The number of aromatic hydroxyl groups is 1. The zero-order chi connectivity index (χ0) is 18.1. The smallest absolute Gasteiger partial charge is 0.270 e. The second-order valence-corrected chi connectivity index (χ2v) is 6.76. The standard InChI is InChI=1S/C21H20N2O3/c24-17-7-5-14(6-8-17)15-9-11-23(12-10-15)21(26)19-13-16-3-1-2-4-18(16)20(25)22-19/h1-8,13,15,24H,9-12H2,(H,22,25). The van der Waals surface area contributed by atoms with Gasteiger partial charge in [0.15, 0.2) is 0 Å². The molecule has 1 saturated heterocycles. The molecule has 0 radical (unpaired) electrons. The van der Waals surface area contributed by atoms with E-state index in [9.17, 15) is 14.7 Å². The molecule has 1 amide bonds. The van der Waals surface area contributed by atoms with Crippen LogP contribution >= 0.6 is 0 Å². The average molecular weight is 348 g/mol. The first-order valence-corrected chi connectivity index (χ1v) is 8.82. The van der Waals surface area contributed by atoms with Crippen LogP contribution < -0.4 is 5.56 Å². The molecule has 2 heterocycles. The Hall–Kier alpha value is -3.08. The summed E-state index contributed by atoms with van der Waals surface area (Å²) in [6.45, 7) is 1.30. The number of carbonyl (C=O) groups excluding carboxylic acids is 1. The van der Waals surface area contributed by atoms with Gasteiger partial charge in [-0.25, -0.2) is 0 Å². The number of piperidine rings is 1. The second-order valence-electron chi connectivity index (χ2n) is 6.76. The number of nitrogens with zero attached hydrogens (tertiary/aromatic N) is 1. The van der Waals surface area contributed by atoms with Crippen molar-refractivity contribution in [1.82, 2.24) is 9.88 Å². The molecule has 2 N–H and O–H groups in total. The van der Waals surface area contributed by atoms with E-state index in [-0.39, 0.29) is 17.2 Å². The molecule has 26 heavy (non-hydrogen) atoms. The van der Waals surface area contributed by atoms with Gasteiger partial charge in [0, 0.05) is 18.5 Å². The first kappa shape index (κ1) is 16.4. The molecule has 2 aromatic carbocycles. The number of aromatic amines is 1. The number of nitrogens with one attached hydrogen (secondary N) is 1. The number of H-pyrrole nitrogens is 1. The number of pyridine rings is 1. The van der Waals surface area contributed by atoms with Gasteiger partial charge < -0.3 is 15.0 Å². The zero-order valence-electron chi connectivity index (χ0n) is 14.3. The molecule has 1 fully saturated rings. The lowest BCUT2D eigenvalue weighted by molar-refractivity contribution is 0.0707. The molecular weight excluding hydrogens is 328 g/mol. The Labute approximate surface area is 150 Å². The number of aromatic nitrogens is 1. The number of rotatable bonds is 2. The van der Waals surface area contributed by atoms with Crippen molar-refractivity contribution in [3.63, 3.8) is 0 Å². The van der Waals surface area contributed by atoms with Crippen LogP contribution in [0.3, 0.4) is 0 Å². The predicted molar refractivity (Wildman–Crippen MR) is 101 cm³/mol. The van der Waals surface area contributed by atoms with Gasteiger partial charge in [-0.05, 0) is 54.0 Å². The second kappa shape index (κ2) is 6.67. The van der Waals surface area contributed by atoms with Crippen LogP contribution in [0.2, 0.25) is 0 Å². The van der Waals surface area contributed by atoms with E-state index in [1.54, 1.807) is 29.2 Å². The number of phenols is 1. The quantitative estimate of drug-likeness (QED) is 0.747. The number of fused-ring (bicyclic) bond motifs is 1. The highest BCUT2D eigenvalue weighted by Gasteiger charge is 2.25. The lowest BCUT2D eigenvalue weighted by Gasteiger charge is -2.32. The maximum Gasteiger partial charge on any atom is 0.270 e. The van der Waals surface area contributed by atoms with Gasteiger partial charge in [0.2, 0.25) is 0 Å². The monoisotopic (exact) mass is 348 g/mol. The average Bonchev–Trinajstić information content (AvgIpc) is 2.68. The number of amides is 1. The lowest BCUT2D eigenvalue weighted by atomic mass is 9.89. The van der Waals surface area contributed by atoms with Crippen molar-refractivity contribution in [2.45, 2.75) is 18.8 Å². The maximum atomic E-state index is 12.8. The summed E-state index contributed by atoms with van der Waals surface area (Å²) >= 11 is 0. The number of carbonyl (C=O) groups is 1. The Balaban J connectivity index is 1.50. The molecule has 1 aliphatic rings. The molecule has 132 valence electrons. The summed E-state index contributed by atoms with van der Waals surface area (Å²) in [4.78, 5) is 29.5. The lowest BCUT2D eigenvalue weighted by Crippen LogP contribution is -2.38. The summed E-state index contributed by atoms with van der Waals surface area (Å²) in [6, 6.07) is 16.3. The molecule has 5 heteroatoms. The van der Waals surface area contributed by atoms with Crippen molar-refractivity contribution < 1.29 is 9.90 Å². The maximum absolute atomic E-state index is 12.8. The fourth-order valence-corrected chi connectivity index (χ4v) is 3.66. The van der Waals surface area contributed by atoms with Gasteiger partial charge in [-0.2, -0.15) is 0 Å².